The van der Waals surface area contributed by atoms with E-state index in [4.69, 9.17) is 14.2 Å². The molecule has 1 N–H and O–H groups in total. The van der Waals surface area contributed by atoms with Gasteiger partial charge in [-0.25, -0.2) is 13.6 Å². The summed E-state index contributed by atoms with van der Waals surface area (Å²) in [4.78, 5) is 24.8. The van der Waals surface area contributed by atoms with Crippen LogP contribution in [0.1, 0.15) is 43.2 Å². The normalized spacial score (nSPS) is 15.2. The Balaban J connectivity index is 1.67. The van der Waals surface area contributed by atoms with Crippen molar-refractivity contribution >= 4 is 18.0 Å². The molecule has 0 saturated heterocycles. The average Bonchev–Trinajstić information content (AvgIpc) is 2.81. The van der Waals surface area contributed by atoms with Crippen molar-refractivity contribution in [2.75, 3.05) is 14.2 Å². The summed E-state index contributed by atoms with van der Waals surface area (Å²) < 4.78 is 42.6. The molecule has 1 aliphatic rings. The highest BCUT2D eigenvalue weighted by atomic mass is 19.1. The van der Waals surface area contributed by atoms with Crippen LogP contribution in [0.3, 0.4) is 0 Å². The molecule has 8 heteroatoms. The maximum absolute atomic E-state index is 13.4. The second kappa shape index (κ2) is 10.9. The van der Waals surface area contributed by atoms with Gasteiger partial charge in [-0.2, -0.15) is 0 Å². The van der Waals surface area contributed by atoms with Crippen LogP contribution in [0, 0.1) is 11.6 Å². The Morgan fingerprint density at radius 3 is 2.33 bits per heavy atom. The monoisotopic (exact) mass is 459 g/mol. The van der Waals surface area contributed by atoms with Crippen LogP contribution in [0.25, 0.3) is 6.08 Å². The van der Waals surface area contributed by atoms with Gasteiger partial charge in [0.15, 0.2) is 11.5 Å². The van der Waals surface area contributed by atoms with Crippen LogP contribution in [0.4, 0.5) is 8.78 Å². The zero-order valence-electron chi connectivity index (χ0n) is 18.7. The number of esters is 1. The van der Waals surface area contributed by atoms with E-state index < -0.39 is 29.0 Å². The van der Waals surface area contributed by atoms with Crippen molar-refractivity contribution in [3.63, 3.8) is 0 Å². The predicted octanol–water partition coefficient (Wildman–Crippen LogP) is 4.56. The third kappa shape index (κ3) is 6.31. The quantitative estimate of drug-likeness (QED) is 0.463. The largest absolute Gasteiger partial charge is 0.493 e. The first-order chi connectivity index (χ1) is 15.8. The molecule has 1 aliphatic carbocycles. The van der Waals surface area contributed by atoms with E-state index in [2.05, 4.69) is 5.32 Å². The number of halogens is 2. The lowest BCUT2D eigenvalue weighted by molar-refractivity contribution is -0.152. The van der Waals surface area contributed by atoms with Gasteiger partial charge in [-0.05, 0) is 54.3 Å². The number of rotatable bonds is 8. The van der Waals surface area contributed by atoms with Gasteiger partial charge in [0.05, 0.1) is 14.2 Å². The van der Waals surface area contributed by atoms with Crippen molar-refractivity contribution in [1.29, 1.82) is 0 Å². The summed E-state index contributed by atoms with van der Waals surface area (Å²) in [6.07, 6.45) is 6.76. The molecule has 1 amide bonds. The summed E-state index contributed by atoms with van der Waals surface area (Å²) in [6.45, 7) is -0.0434. The average molecular weight is 459 g/mol. The highest BCUT2D eigenvalue weighted by Crippen LogP contribution is 2.31. The van der Waals surface area contributed by atoms with E-state index in [0.717, 1.165) is 25.3 Å². The number of hydrogen-bond donors (Lipinski definition) is 1. The number of carbonyl (C=O) groups excluding carboxylic acids is 2. The van der Waals surface area contributed by atoms with Gasteiger partial charge >= 0.3 is 5.97 Å². The highest BCUT2D eigenvalue weighted by molar-refractivity contribution is 5.96. The van der Waals surface area contributed by atoms with Gasteiger partial charge in [0.25, 0.3) is 0 Å². The first-order valence-electron chi connectivity index (χ1n) is 10.7. The van der Waals surface area contributed by atoms with E-state index >= 15 is 0 Å². The fourth-order valence-electron chi connectivity index (χ4n) is 3.94. The van der Waals surface area contributed by atoms with Crippen molar-refractivity contribution in [3.05, 3.63) is 65.2 Å². The summed E-state index contributed by atoms with van der Waals surface area (Å²) in [7, 11) is 2.79. The number of hydrogen-bond acceptors (Lipinski definition) is 5. The van der Waals surface area contributed by atoms with Crippen molar-refractivity contribution in [2.24, 2.45) is 0 Å². The third-order valence-corrected chi connectivity index (χ3v) is 5.58. The molecule has 33 heavy (non-hydrogen) atoms. The minimum Gasteiger partial charge on any atom is -0.493 e. The standard InChI is InChI=1S/C25H27F2NO5/c1-31-22-14-17(6-8-21(22)33-16-18-12-19(26)15-20(27)13-18)7-9-23(29)28-25(24(30)32-2)10-4-3-5-11-25/h6-9,12-15H,3-5,10-11,16H2,1-2H3,(H,28,29)/b9-7+. The van der Waals surface area contributed by atoms with Crippen molar-refractivity contribution in [1.82, 2.24) is 5.32 Å². The lowest BCUT2D eigenvalue weighted by Gasteiger charge is -2.34. The van der Waals surface area contributed by atoms with Gasteiger partial charge in [0.1, 0.15) is 23.8 Å². The van der Waals surface area contributed by atoms with Crippen LogP contribution in [0.15, 0.2) is 42.5 Å². The number of amides is 1. The van der Waals surface area contributed by atoms with Crippen LogP contribution >= 0.6 is 0 Å². The maximum Gasteiger partial charge on any atom is 0.331 e. The highest BCUT2D eigenvalue weighted by Gasteiger charge is 2.41. The number of nitrogens with one attached hydrogen (secondary N) is 1. The second-order valence-corrected chi connectivity index (χ2v) is 7.93. The summed E-state index contributed by atoms with van der Waals surface area (Å²) in [5.74, 6) is -1.40. The Bertz CT molecular complexity index is 1010. The van der Waals surface area contributed by atoms with Gasteiger partial charge < -0.3 is 19.5 Å². The number of methoxy groups -OCH3 is 2. The van der Waals surface area contributed by atoms with Crippen molar-refractivity contribution in [2.45, 2.75) is 44.2 Å². The molecule has 0 heterocycles. The van der Waals surface area contributed by atoms with Crippen molar-refractivity contribution in [3.8, 4) is 11.5 Å². The zero-order chi connectivity index (χ0) is 23.8. The molecule has 176 valence electrons. The van der Waals surface area contributed by atoms with Gasteiger partial charge in [-0.15, -0.1) is 0 Å². The molecule has 2 aromatic rings. The first kappa shape index (κ1) is 24.2. The molecule has 0 atom stereocenters. The van der Waals surface area contributed by atoms with E-state index in [-0.39, 0.29) is 6.61 Å². The molecule has 1 fully saturated rings. The Morgan fingerprint density at radius 1 is 1.00 bits per heavy atom. The van der Waals surface area contributed by atoms with Gasteiger partial charge in [-0.1, -0.05) is 25.3 Å². The summed E-state index contributed by atoms with van der Waals surface area (Å²) in [5, 5.41) is 2.82. The summed E-state index contributed by atoms with van der Waals surface area (Å²) >= 11 is 0. The van der Waals surface area contributed by atoms with Gasteiger partial charge in [-0.3, -0.25) is 4.79 Å². The summed E-state index contributed by atoms with van der Waals surface area (Å²) in [5.41, 5.74) is 0.0274. The van der Waals surface area contributed by atoms with E-state index in [1.54, 1.807) is 24.3 Å². The lowest BCUT2D eigenvalue weighted by Crippen LogP contribution is -2.55. The molecule has 0 aromatic heterocycles. The topological polar surface area (TPSA) is 73.9 Å². The molecule has 0 bridgehead atoms. The lowest BCUT2D eigenvalue weighted by atomic mass is 9.81. The molecule has 2 aromatic carbocycles. The molecular formula is C25H27F2NO5. The Kier molecular flexibility index (Phi) is 8.03. The molecule has 0 aliphatic heterocycles. The zero-order valence-corrected chi connectivity index (χ0v) is 18.7. The molecule has 0 radical (unpaired) electrons. The SMILES string of the molecule is COC(=O)C1(NC(=O)/C=C/c2ccc(OCc3cc(F)cc(F)c3)c(OC)c2)CCCCC1. The number of benzene rings is 2. The van der Waals surface area contributed by atoms with E-state index in [0.29, 0.717) is 35.5 Å². The van der Waals surface area contributed by atoms with E-state index in [1.165, 1.54) is 32.4 Å². The van der Waals surface area contributed by atoms with Crippen LogP contribution in [-0.2, 0) is 20.9 Å². The van der Waals surface area contributed by atoms with E-state index in [9.17, 15) is 18.4 Å². The molecule has 1 saturated carbocycles. The smallest absolute Gasteiger partial charge is 0.331 e. The van der Waals surface area contributed by atoms with Gasteiger partial charge in [0.2, 0.25) is 5.91 Å². The predicted molar refractivity (Wildman–Crippen MR) is 119 cm³/mol. The maximum atomic E-state index is 13.4. The molecule has 0 unspecified atom stereocenters. The Labute approximate surface area is 191 Å². The van der Waals surface area contributed by atoms with Crippen LogP contribution < -0.4 is 14.8 Å². The van der Waals surface area contributed by atoms with Crippen molar-refractivity contribution < 1.29 is 32.6 Å². The molecular weight excluding hydrogens is 432 g/mol. The van der Waals surface area contributed by atoms with Crippen LogP contribution in [0.2, 0.25) is 0 Å². The molecule has 0 spiro atoms. The fraction of sp³-hybridized carbons (Fsp3) is 0.360. The Morgan fingerprint density at radius 2 is 1.70 bits per heavy atom. The van der Waals surface area contributed by atoms with Crippen LogP contribution in [-0.4, -0.2) is 31.6 Å². The molecule has 3 rings (SSSR count). The van der Waals surface area contributed by atoms with Gasteiger partial charge in [0, 0.05) is 12.1 Å². The number of carbonyl (C=O) groups is 2. The number of ether oxygens (including phenoxy) is 3. The second-order valence-electron chi connectivity index (χ2n) is 7.93. The summed E-state index contributed by atoms with van der Waals surface area (Å²) in [6, 6.07) is 8.20. The third-order valence-electron chi connectivity index (χ3n) is 5.58. The van der Waals surface area contributed by atoms with Crippen LogP contribution in [0.5, 0.6) is 11.5 Å². The minimum absolute atomic E-state index is 0.0434. The van der Waals surface area contributed by atoms with E-state index in [1.807, 2.05) is 0 Å². The minimum atomic E-state index is -0.986. The fourth-order valence-corrected chi connectivity index (χ4v) is 3.94. The Hall–Kier alpha value is -3.42. The first-order valence-corrected chi connectivity index (χ1v) is 10.7. The molecule has 6 nitrogen and oxygen atoms in total.